The Balaban J connectivity index is 1.83. The van der Waals surface area contributed by atoms with E-state index in [0.29, 0.717) is 0 Å². The average molecular weight is 354 g/mol. The molecule has 0 N–H and O–H groups in total. The molecule has 3 heterocycles. The van der Waals surface area contributed by atoms with E-state index in [9.17, 15) is 0 Å². The number of aromatic nitrogens is 1. The van der Waals surface area contributed by atoms with Crippen LogP contribution in [-0.4, -0.2) is 4.98 Å². The van der Waals surface area contributed by atoms with Gasteiger partial charge < -0.3 is 0 Å². The van der Waals surface area contributed by atoms with Gasteiger partial charge in [-0.3, -0.25) is 0 Å². The van der Waals surface area contributed by atoms with E-state index in [4.69, 9.17) is 4.98 Å². The summed E-state index contributed by atoms with van der Waals surface area (Å²) in [5.41, 5.74) is 6.17. The molecule has 1 atom stereocenters. The molecule has 0 aromatic carbocycles. The third-order valence-corrected chi connectivity index (χ3v) is 7.99. The van der Waals surface area contributed by atoms with Gasteiger partial charge in [0.25, 0.3) is 0 Å². The molecule has 3 heteroatoms. The van der Waals surface area contributed by atoms with Gasteiger partial charge in [0.1, 0.15) is 4.83 Å². The highest BCUT2D eigenvalue weighted by Gasteiger charge is 2.28. The maximum atomic E-state index is 5.18. The van der Waals surface area contributed by atoms with Gasteiger partial charge in [0.15, 0.2) is 0 Å². The van der Waals surface area contributed by atoms with Crippen LogP contribution in [0.25, 0.3) is 20.7 Å². The molecule has 5 rings (SSSR count). The molecule has 0 radical (unpaired) electrons. The SMILES string of the molecule is CC[C@@H]1CCc2nc3sc4c(c3c(-c3cccs3)c2C1)CCCC4. The van der Waals surface area contributed by atoms with Gasteiger partial charge in [-0.05, 0) is 73.4 Å². The van der Waals surface area contributed by atoms with Crippen molar-refractivity contribution in [2.24, 2.45) is 5.92 Å². The highest BCUT2D eigenvalue weighted by atomic mass is 32.1. The van der Waals surface area contributed by atoms with Crippen LogP contribution in [0.5, 0.6) is 0 Å². The summed E-state index contributed by atoms with van der Waals surface area (Å²) in [4.78, 5) is 9.58. The van der Waals surface area contributed by atoms with Crippen molar-refractivity contribution in [3.63, 3.8) is 0 Å². The Morgan fingerprint density at radius 1 is 1.17 bits per heavy atom. The number of aryl methyl sites for hydroxylation is 3. The minimum atomic E-state index is 0.838. The predicted molar refractivity (Wildman–Crippen MR) is 105 cm³/mol. The van der Waals surface area contributed by atoms with Crippen LogP contribution >= 0.6 is 22.7 Å². The molecule has 2 aliphatic rings. The van der Waals surface area contributed by atoms with Crippen molar-refractivity contribution in [2.75, 3.05) is 0 Å². The summed E-state index contributed by atoms with van der Waals surface area (Å²) in [7, 11) is 0. The number of fused-ring (bicyclic) bond motifs is 4. The number of nitrogens with zero attached hydrogens (tertiary/aromatic N) is 1. The summed E-state index contributed by atoms with van der Waals surface area (Å²) in [6, 6.07) is 4.53. The predicted octanol–water partition coefficient (Wildman–Crippen LogP) is 6.42. The van der Waals surface area contributed by atoms with Crippen LogP contribution in [0.4, 0.5) is 0 Å². The van der Waals surface area contributed by atoms with Crippen molar-refractivity contribution < 1.29 is 0 Å². The molecule has 0 spiro atoms. The lowest BCUT2D eigenvalue weighted by atomic mass is 9.81. The first-order valence-corrected chi connectivity index (χ1v) is 11.0. The van der Waals surface area contributed by atoms with Crippen LogP contribution in [0.15, 0.2) is 17.5 Å². The van der Waals surface area contributed by atoms with E-state index in [1.54, 1.807) is 21.6 Å². The molecule has 0 saturated carbocycles. The van der Waals surface area contributed by atoms with E-state index in [0.717, 1.165) is 5.92 Å². The number of hydrogen-bond acceptors (Lipinski definition) is 3. The number of thiophene rings is 2. The summed E-state index contributed by atoms with van der Waals surface area (Å²) in [5.74, 6) is 0.838. The quantitative estimate of drug-likeness (QED) is 0.518. The zero-order chi connectivity index (χ0) is 16.1. The summed E-state index contributed by atoms with van der Waals surface area (Å²) in [6.45, 7) is 2.35. The van der Waals surface area contributed by atoms with Crippen LogP contribution in [0.1, 0.15) is 54.3 Å². The van der Waals surface area contributed by atoms with Crippen molar-refractivity contribution in [1.82, 2.24) is 4.98 Å². The Labute approximate surface area is 151 Å². The largest absolute Gasteiger partial charge is 0.242 e. The molecule has 124 valence electrons. The first-order valence-electron chi connectivity index (χ1n) is 9.35. The molecule has 0 bridgehead atoms. The zero-order valence-corrected chi connectivity index (χ0v) is 15.9. The maximum Gasteiger partial charge on any atom is 0.124 e. The molecule has 3 aromatic rings. The van der Waals surface area contributed by atoms with Gasteiger partial charge >= 0.3 is 0 Å². The molecule has 24 heavy (non-hydrogen) atoms. The lowest BCUT2D eigenvalue weighted by Gasteiger charge is -2.26. The first-order chi connectivity index (χ1) is 11.8. The van der Waals surface area contributed by atoms with Gasteiger partial charge in [-0.1, -0.05) is 19.4 Å². The monoisotopic (exact) mass is 353 g/mol. The van der Waals surface area contributed by atoms with E-state index in [2.05, 4.69) is 24.4 Å². The third-order valence-electron chi connectivity index (χ3n) is 5.92. The number of rotatable bonds is 2. The Morgan fingerprint density at radius 2 is 2.08 bits per heavy atom. The molecular weight excluding hydrogens is 330 g/mol. The Bertz CT molecular complexity index is 889. The fraction of sp³-hybridized carbons (Fsp3) is 0.476. The summed E-state index contributed by atoms with van der Waals surface area (Å²) < 4.78 is 0. The van der Waals surface area contributed by atoms with Gasteiger partial charge in [0.2, 0.25) is 0 Å². The second kappa shape index (κ2) is 5.96. The normalized spacial score (nSPS) is 20.1. The molecule has 0 amide bonds. The molecule has 0 aliphatic heterocycles. The van der Waals surface area contributed by atoms with Crippen molar-refractivity contribution in [3.05, 3.63) is 39.2 Å². The van der Waals surface area contributed by atoms with E-state index < -0.39 is 0 Å². The summed E-state index contributed by atoms with van der Waals surface area (Å²) in [6.07, 6.45) is 10.2. The zero-order valence-electron chi connectivity index (χ0n) is 14.2. The van der Waals surface area contributed by atoms with Gasteiger partial charge in [-0.25, -0.2) is 4.98 Å². The van der Waals surface area contributed by atoms with Gasteiger partial charge in [-0.15, -0.1) is 22.7 Å². The smallest absolute Gasteiger partial charge is 0.124 e. The highest BCUT2D eigenvalue weighted by molar-refractivity contribution is 7.19. The van der Waals surface area contributed by atoms with Crippen molar-refractivity contribution in [2.45, 2.75) is 58.3 Å². The molecular formula is C21H23NS2. The lowest BCUT2D eigenvalue weighted by Crippen LogP contribution is -2.16. The molecule has 3 aromatic heterocycles. The van der Waals surface area contributed by atoms with E-state index in [-0.39, 0.29) is 0 Å². The van der Waals surface area contributed by atoms with Gasteiger partial charge in [0, 0.05) is 26.4 Å². The average Bonchev–Trinajstić information content (AvgIpc) is 3.27. The van der Waals surface area contributed by atoms with Crippen molar-refractivity contribution >= 4 is 32.9 Å². The van der Waals surface area contributed by atoms with Crippen LogP contribution in [0.2, 0.25) is 0 Å². The van der Waals surface area contributed by atoms with Crippen molar-refractivity contribution in [1.29, 1.82) is 0 Å². The topological polar surface area (TPSA) is 12.9 Å². The van der Waals surface area contributed by atoms with Crippen LogP contribution in [0.3, 0.4) is 0 Å². The summed E-state index contributed by atoms with van der Waals surface area (Å²) in [5, 5.41) is 3.75. The molecule has 1 nitrogen and oxygen atoms in total. The molecule has 2 aliphatic carbocycles. The third kappa shape index (κ3) is 2.28. The number of hydrogen-bond donors (Lipinski definition) is 0. The van der Waals surface area contributed by atoms with E-state index >= 15 is 0 Å². The molecule has 0 unspecified atom stereocenters. The molecule has 0 fully saturated rings. The lowest BCUT2D eigenvalue weighted by molar-refractivity contribution is 0.441. The standard InChI is InChI=1S/C21H23NS2/c1-2-13-9-10-16-15(12-13)19(18-8-5-11-23-18)20-14-6-3-4-7-17(14)24-21(20)22-16/h5,8,11,13H,2-4,6-7,9-10,12H2,1H3/t13-/m1/s1. The van der Waals surface area contributed by atoms with Crippen molar-refractivity contribution in [3.8, 4) is 10.4 Å². The van der Waals surface area contributed by atoms with E-state index in [1.807, 2.05) is 22.7 Å². The number of pyridine rings is 1. The Morgan fingerprint density at radius 3 is 2.92 bits per heavy atom. The molecule has 0 saturated heterocycles. The minimum Gasteiger partial charge on any atom is -0.242 e. The summed E-state index contributed by atoms with van der Waals surface area (Å²) >= 11 is 3.89. The second-order valence-corrected chi connectivity index (χ2v) is 9.33. The Kier molecular flexibility index (Phi) is 3.75. The van der Waals surface area contributed by atoms with Crippen LogP contribution in [-0.2, 0) is 25.7 Å². The highest BCUT2D eigenvalue weighted by Crippen LogP contribution is 2.46. The fourth-order valence-electron chi connectivity index (χ4n) is 4.57. The van der Waals surface area contributed by atoms with Gasteiger partial charge in [-0.2, -0.15) is 0 Å². The van der Waals surface area contributed by atoms with Crippen LogP contribution < -0.4 is 0 Å². The maximum absolute atomic E-state index is 5.18. The minimum absolute atomic E-state index is 0.838. The second-order valence-electron chi connectivity index (χ2n) is 7.30. The van der Waals surface area contributed by atoms with Crippen LogP contribution in [0, 0.1) is 5.92 Å². The van der Waals surface area contributed by atoms with E-state index in [1.165, 1.54) is 72.2 Å². The first kappa shape index (κ1) is 15.1. The van der Waals surface area contributed by atoms with Gasteiger partial charge in [0.05, 0.1) is 0 Å². The Hall–Kier alpha value is -1.19. The fourth-order valence-corrected chi connectivity index (χ4v) is 6.67.